The van der Waals surface area contributed by atoms with Crippen molar-refractivity contribution in [2.45, 2.75) is 12.8 Å². The number of esters is 1. The van der Waals surface area contributed by atoms with Gasteiger partial charge in [0.05, 0.1) is 12.8 Å². The summed E-state index contributed by atoms with van der Waals surface area (Å²) in [7, 11) is 1.54. The molecule has 2 aromatic carbocycles. The maximum Gasteiger partial charge on any atom is 0.324 e. The molecule has 3 atom stereocenters. The highest BCUT2D eigenvalue weighted by Crippen LogP contribution is 2.46. The number of anilines is 1. The van der Waals surface area contributed by atoms with Gasteiger partial charge in [0.15, 0.2) is 0 Å². The summed E-state index contributed by atoms with van der Waals surface area (Å²) in [6.45, 7) is 1.75. The monoisotopic (exact) mass is 351 g/mol. The van der Waals surface area contributed by atoms with Gasteiger partial charge in [-0.05, 0) is 30.3 Å². The predicted molar refractivity (Wildman–Crippen MR) is 93.0 cm³/mol. The Kier molecular flexibility index (Phi) is 3.76. The molecule has 0 bridgehead atoms. The molecule has 0 N–H and O–H groups in total. The largest absolute Gasteiger partial charge is 0.497 e. The molecule has 0 unspecified atom stereocenters. The summed E-state index contributed by atoms with van der Waals surface area (Å²) in [5, 5.41) is 0. The van der Waals surface area contributed by atoms with Crippen LogP contribution in [0.2, 0.25) is 0 Å². The topological polar surface area (TPSA) is 72.9 Å². The van der Waals surface area contributed by atoms with Crippen LogP contribution in [0.4, 0.5) is 5.69 Å². The number of nitrogens with zero attached hydrogens (tertiary/aromatic N) is 1. The first kappa shape index (κ1) is 16.3. The number of imide groups is 1. The van der Waals surface area contributed by atoms with Gasteiger partial charge in [0.1, 0.15) is 17.4 Å². The van der Waals surface area contributed by atoms with Crippen LogP contribution in [0.25, 0.3) is 0 Å². The van der Waals surface area contributed by atoms with Crippen LogP contribution in [0.3, 0.4) is 0 Å². The molecule has 0 aromatic heterocycles. The van der Waals surface area contributed by atoms with Gasteiger partial charge in [0, 0.05) is 17.4 Å². The second-order valence-corrected chi connectivity index (χ2v) is 6.46. The molecule has 2 aliphatic rings. The molecule has 4 rings (SSSR count). The quantitative estimate of drug-likeness (QED) is 0.360. The summed E-state index contributed by atoms with van der Waals surface area (Å²) in [5.74, 6) is -2.53. The van der Waals surface area contributed by atoms with Crippen molar-refractivity contribution in [1.82, 2.24) is 0 Å². The average molecular weight is 351 g/mol. The van der Waals surface area contributed by atoms with Gasteiger partial charge < -0.3 is 9.47 Å². The lowest BCUT2D eigenvalue weighted by molar-refractivity contribution is -0.151. The maximum atomic E-state index is 13.1. The molecular formula is C20H17NO5. The van der Waals surface area contributed by atoms with Crippen LogP contribution < -0.4 is 14.4 Å². The second kappa shape index (κ2) is 5.98. The standard InChI is InChI=1S/C20H17NO5/c1-11-16-14-5-3-4-6-15(14)26-20(24)17(16)19(23)21(18(11)22)12-7-9-13(25-2)10-8-12/h3-11,16-17H,1-2H3/t11-,16+,17+/m1/s1. The SMILES string of the molecule is COc1ccc(N2C(=O)[C@H]3C(=O)Oc4ccccc4[C@@H]3[C@@H](C)C2=O)cc1. The van der Waals surface area contributed by atoms with Gasteiger partial charge in [0.25, 0.3) is 0 Å². The summed E-state index contributed by atoms with van der Waals surface area (Å²) >= 11 is 0. The number of hydrogen-bond donors (Lipinski definition) is 0. The van der Waals surface area contributed by atoms with Crippen molar-refractivity contribution in [1.29, 1.82) is 0 Å². The maximum absolute atomic E-state index is 13.1. The number of para-hydroxylation sites is 1. The Balaban J connectivity index is 1.78. The Morgan fingerprint density at radius 3 is 2.35 bits per heavy atom. The van der Waals surface area contributed by atoms with E-state index < -0.39 is 29.6 Å². The van der Waals surface area contributed by atoms with Crippen LogP contribution in [0, 0.1) is 11.8 Å². The Morgan fingerprint density at radius 1 is 0.962 bits per heavy atom. The normalized spacial score (nSPS) is 24.6. The number of fused-ring (bicyclic) bond motifs is 3. The molecule has 2 aliphatic heterocycles. The van der Waals surface area contributed by atoms with Gasteiger partial charge >= 0.3 is 5.97 Å². The van der Waals surface area contributed by atoms with E-state index in [4.69, 9.17) is 9.47 Å². The number of methoxy groups -OCH3 is 1. The van der Waals surface area contributed by atoms with E-state index in [2.05, 4.69) is 0 Å². The van der Waals surface area contributed by atoms with Crippen molar-refractivity contribution in [3.8, 4) is 11.5 Å². The predicted octanol–water partition coefficient (Wildman–Crippen LogP) is 2.52. The van der Waals surface area contributed by atoms with E-state index in [1.807, 2.05) is 6.07 Å². The number of hydrogen-bond acceptors (Lipinski definition) is 5. The molecule has 2 heterocycles. The molecular weight excluding hydrogens is 334 g/mol. The van der Waals surface area contributed by atoms with E-state index >= 15 is 0 Å². The first-order valence-electron chi connectivity index (χ1n) is 8.35. The number of carbonyl (C=O) groups excluding carboxylic acids is 3. The number of piperidine rings is 1. The highest BCUT2D eigenvalue weighted by atomic mass is 16.5. The third kappa shape index (κ3) is 2.29. The minimum absolute atomic E-state index is 0.328. The first-order valence-corrected chi connectivity index (χ1v) is 8.35. The molecule has 0 spiro atoms. The molecule has 1 saturated heterocycles. The molecule has 26 heavy (non-hydrogen) atoms. The van der Waals surface area contributed by atoms with Crippen molar-refractivity contribution >= 4 is 23.5 Å². The van der Waals surface area contributed by atoms with E-state index in [9.17, 15) is 14.4 Å². The van der Waals surface area contributed by atoms with Gasteiger partial charge in [-0.1, -0.05) is 25.1 Å². The highest BCUT2D eigenvalue weighted by Gasteiger charge is 2.54. The molecule has 132 valence electrons. The second-order valence-electron chi connectivity index (χ2n) is 6.46. The van der Waals surface area contributed by atoms with Crippen LogP contribution in [-0.2, 0) is 14.4 Å². The van der Waals surface area contributed by atoms with Crippen molar-refractivity contribution in [2.75, 3.05) is 12.0 Å². The van der Waals surface area contributed by atoms with Crippen LogP contribution in [-0.4, -0.2) is 24.9 Å². The van der Waals surface area contributed by atoms with Gasteiger partial charge in [-0.15, -0.1) is 0 Å². The van der Waals surface area contributed by atoms with Gasteiger partial charge in [-0.25, -0.2) is 4.90 Å². The molecule has 2 amide bonds. The molecule has 0 saturated carbocycles. The zero-order valence-corrected chi connectivity index (χ0v) is 14.3. The third-order valence-electron chi connectivity index (χ3n) is 5.07. The van der Waals surface area contributed by atoms with Gasteiger partial charge in [-0.3, -0.25) is 14.4 Å². The lowest BCUT2D eigenvalue weighted by atomic mass is 9.72. The number of amides is 2. The Hall–Kier alpha value is -3.15. The molecule has 1 fully saturated rings. The van der Waals surface area contributed by atoms with Crippen molar-refractivity contribution in [2.24, 2.45) is 11.8 Å². The molecule has 0 aliphatic carbocycles. The lowest BCUT2D eigenvalue weighted by Crippen LogP contribution is -2.57. The summed E-state index contributed by atoms with van der Waals surface area (Å²) in [5.41, 5.74) is 1.14. The van der Waals surface area contributed by atoms with Crippen molar-refractivity contribution in [3.05, 3.63) is 54.1 Å². The summed E-state index contributed by atoms with van der Waals surface area (Å²) < 4.78 is 10.5. The minimum atomic E-state index is -1.03. The van der Waals surface area contributed by atoms with Crippen molar-refractivity contribution in [3.63, 3.8) is 0 Å². The fourth-order valence-electron chi connectivity index (χ4n) is 3.75. The smallest absolute Gasteiger partial charge is 0.324 e. The molecule has 6 heteroatoms. The Labute approximate surface area is 150 Å². The zero-order valence-electron chi connectivity index (χ0n) is 14.3. The summed E-state index contributed by atoms with van der Waals surface area (Å²) in [6, 6.07) is 13.6. The van der Waals surface area contributed by atoms with Gasteiger partial charge in [-0.2, -0.15) is 0 Å². The highest BCUT2D eigenvalue weighted by molar-refractivity contribution is 6.23. The Morgan fingerprint density at radius 2 is 1.65 bits per heavy atom. The molecule has 2 aromatic rings. The molecule has 6 nitrogen and oxygen atoms in total. The molecule has 0 radical (unpaired) electrons. The number of ether oxygens (including phenoxy) is 2. The van der Waals surface area contributed by atoms with E-state index in [1.165, 1.54) is 7.11 Å². The summed E-state index contributed by atoms with van der Waals surface area (Å²) in [4.78, 5) is 39.7. The van der Waals surface area contributed by atoms with Crippen LogP contribution in [0.5, 0.6) is 11.5 Å². The number of carbonyl (C=O) groups is 3. The van der Waals surface area contributed by atoms with Crippen molar-refractivity contribution < 1.29 is 23.9 Å². The number of benzene rings is 2. The fraction of sp³-hybridized carbons (Fsp3) is 0.250. The van der Waals surface area contributed by atoms with Crippen LogP contribution in [0.1, 0.15) is 18.4 Å². The lowest BCUT2D eigenvalue weighted by Gasteiger charge is -2.41. The fourth-order valence-corrected chi connectivity index (χ4v) is 3.75. The number of rotatable bonds is 2. The minimum Gasteiger partial charge on any atom is -0.497 e. The van der Waals surface area contributed by atoms with E-state index in [0.717, 1.165) is 10.5 Å². The Bertz CT molecular complexity index is 905. The average Bonchev–Trinajstić information content (AvgIpc) is 2.66. The van der Waals surface area contributed by atoms with E-state index in [1.54, 1.807) is 49.4 Å². The third-order valence-corrected chi connectivity index (χ3v) is 5.07. The van der Waals surface area contributed by atoms with Crippen LogP contribution in [0.15, 0.2) is 48.5 Å². The first-order chi connectivity index (χ1) is 12.5. The van der Waals surface area contributed by atoms with Gasteiger partial charge in [0.2, 0.25) is 11.8 Å². The summed E-state index contributed by atoms with van der Waals surface area (Å²) in [6.07, 6.45) is 0. The van der Waals surface area contributed by atoms with Crippen LogP contribution >= 0.6 is 0 Å². The van der Waals surface area contributed by atoms with E-state index in [-0.39, 0.29) is 5.91 Å². The zero-order chi connectivity index (χ0) is 18.4. The van der Waals surface area contributed by atoms with E-state index in [0.29, 0.717) is 17.2 Å².